The number of hydrogen-bond acceptors (Lipinski definition) is 6. The van der Waals surface area contributed by atoms with E-state index in [0.29, 0.717) is 19.3 Å². The lowest BCUT2D eigenvalue weighted by molar-refractivity contribution is -0.166. The first-order valence-electron chi connectivity index (χ1n) is 22.7. The van der Waals surface area contributed by atoms with Crippen molar-refractivity contribution >= 4 is 17.9 Å². The molecule has 0 aliphatic rings. The Balaban J connectivity index is 4.56. The van der Waals surface area contributed by atoms with Crippen LogP contribution in [0.3, 0.4) is 0 Å². The van der Waals surface area contributed by atoms with Crippen molar-refractivity contribution in [2.45, 2.75) is 194 Å². The monoisotopic (exact) mass is 791 g/mol. The van der Waals surface area contributed by atoms with Crippen LogP contribution in [0.15, 0.2) is 97.2 Å². The van der Waals surface area contributed by atoms with Crippen LogP contribution in [0.2, 0.25) is 0 Å². The molecule has 6 heteroatoms. The van der Waals surface area contributed by atoms with Gasteiger partial charge in [-0.25, -0.2) is 0 Å². The summed E-state index contributed by atoms with van der Waals surface area (Å²) >= 11 is 0. The van der Waals surface area contributed by atoms with Crippen LogP contribution in [-0.4, -0.2) is 37.2 Å². The summed E-state index contributed by atoms with van der Waals surface area (Å²) < 4.78 is 16.5. The third-order valence-corrected chi connectivity index (χ3v) is 9.06. The molecule has 0 aliphatic heterocycles. The number of allylic oxidation sites excluding steroid dienone is 16. The van der Waals surface area contributed by atoms with Gasteiger partial charge in [-0.1, -0.05) is 169 Å². The zero-order valence-corrected chi connectivity index (χ0v) is 36.6. The van der Waals surface area contributed by atoms with Crippen molar-refractivity contribution in [3.63, 3.8) is 0 Å². The molecule has 0 aromatic heterocycles. The number of unbranched alkanes of at least 4 members (excludes halogenated alkanes) is 12. The molecule has 1 atom stereocenters. The number of esters is 3. The highest BCUT2D eigenvalue weighted by atomic mass is 16.6. The number of hydrogen-bond donors (Lipinski definition) is 0. The van der Waals surface area contributed by atoms with Gasteiger partial charge < -0.3 is 14.2 Å². The lowest BCUT2D eigenvalue weighted by Crippen LogP contribution is -2.30. The average Bonchev–Trinajstić information content (AvgIpc) is 3.21. The topological polar surface area (TPSA) is 78.9 Å². The minimum absolute atomic E-state index is 0.135. The van der Waals surface area contributed by atoms with Gasteiger partial charge in [0.15, 0.2) is 6.10 Å². The first kappa shape index (κ1) is 53.3. The first-order chi connectivity index (χ1) is 28.0. The number of ether oxygens (including phenoxy) is 3. The van der Waals surface area contributed by atoms with Crippen molar-refractivity contribution in [1.82, 2.24) is 0 Å². The molecule has 0 aliphatic carbocycles. The van der Waals surface area contributed by atoms with E-state index in [1.165, 1.54) is 64.2 Å². The third kappa shape index (κ3) is 43.3. The molecule has 0 fully saturated rings. The highest BCUT2D eigenvalue weighted by Crippen LogP contribution is 2.10. The maximum Gasteiger partial charge on any atom is 0.306 e. The van der Waals surface area contributed by atoms with E-state index in [9.17, 15) is 14.4 Å². The second-order valence-corrected chi connectivity index (χ2v) is 14.6. The Morgan fingerprint density at radius 3 is 1.18 bits per heavy atom. The van der Waals surface area contributed by atoms with Crippen LogP contribution >= 0.6 is 0 Å². The van der Waals surface area contributed by atoms with Crippen molar-refractivity contribution in [3.05, 3.63) is 97.2 Å². The van der Waals surface area contributed by atoms with Gasteiger partial charge in [-0.15, -0.1) is 0 Å². The Kier molecular flexibility index (Phi) is 42.1. The molecule has 0 rings (SSSR count). The van der Waals surface area contributed by atoms with Crippen molar-refractivity contribution in [2.75, 3.05) is 13.2 Å². The summed E-state index contributed by atoms with van der Waals surface area (Å²) in [5, 5.41) is 0. The van der Waals surface area contributed by atoms with Crippen molar-refractivity contribution in [3.8, 4) is 0 Å². The summed E-state index contributed by atoms with van der Waals surface area (Å²) in [4.78, 5) is 37.6. The van der Waals surface area contributed by atoms with E-state index in [2.05, 4.69) is 112 Å². The first-order valence-corrected chi connectivity index (χ1v) is 22.7. The smallest absolute Gasteiger partial charge is 0.306 e. The molecule has 0 amide bonds. The molecule has 0 saturated heterocycles. The van der Waals surface area contributed by atoms with Crippen molar-refractivity contribution < 1.29 is 28.6 Å². The highest BCUT2D eigenvalue weighted by molar-refractivity contribution is 5.71. The molecule has 0 N–H and O–H groups in total. The van der Waals surface area contributed by atoms with Crippen LogP contribution < -0.4 is 0 Å². The second kappa shape index (κ2) is 45.0. The maximum atomic E-state index is 12.7. The summed E-state index contributed by atoms with van der Waals surface area (Å²) in [6.07, 6.45) is 58.5. The molecular formula is C51H82O6. The van der Waals surface area contributed by atoms with Crippen LogP contribution in [-0.2, 0) is 28.6 Å². The van der Waals surface area contributed by atoms with Gasteiger partial charge in [-0.3, -0.25) is 14.4 Å². The van der Waals surface area contributed by atoms with Gasteiger partial charge in [0.1, 0.15) is 13.2 Å². The normalized spacial score (nSPS) is 13.0. The Morgan fingerprint density at radius 2 is 0.719 bits per heavy atom. The lowest BCUT2D eigenvalue weighted by Gasteiger charge is -2.18. The van der Waals surface area contributed by atoms with Crippen LogP contribution in [0.5, 0.6) is 0 Å². The largest absolute Gasteiger partial charge is 0.462 e. The van der Waals surface area contributed by atoms with E-state index in [-0.39, 0.29) is 44.4 Å². The van der Waals surface area contributed by atoms with Crippen molar-refractivity contribution in [1.29, 1.82) is 0 Å². The standard InChI is InChI=1S/C51H82O6/c1-4-7-10-13-16-19-21-23-24-25-26-28-29-32-35-38-41-44-50(53)56-47-48(46-55-49(52)43-40-37-34-31-18-15-12-9-6-3)57-51(54)45-42-39-36-33-30-27-22-20-17-14-11-8-5-2/h7,10,16,19,23-24,26-28,30-32,34-36,39,48H,4-6,8-9,11-15,17-18,20-22,25,29,33,37-38,40-47H2,1-3H3/b10-7-,19-16-,24-23-,28-26-,30-27-,34-31-,35-32-,39-36-. The number of carbonyl (C=O) groups is 3. The molecular weight excluding hydrogens is 709 g/mol. The van der Waals surface area contributed by atoms with Gasteiger partial charge >= 0.3 is 17.9 Å². The molecule has 0 bridgehead atoms. The molecule has 6 nitrogen and oxygen atoms in total. The van der Waals surface area contributed by atoms with Gasteiger partial charge in [-0.2, -0.15) is 0 Å². The predicted octanol–water partition coefficient (Wildman–Crippen LogP) is 14.6. The fourth-order valence-corrected chi connectivity index (χ4v) is 5.65. The van der Waals surface area contributed by atoms with E-state index in [0.717, 1.165) is 64.2 Å². The van der Waals surface area contributed by atoms with Crippen LogP contribution in [0.25, 0.3) is 0 Å². The molecule has 1 unspecified atom stereocenters. The fourth-order valence-electron chi connectivity index (χ4n) is 5.65. The Morgan fingerprint density at radius 1 is 0.368 bits per heavy atom. The van der Waals surface area contributed by atoms with E-state index in [4.69, 9.17) is 14.2 Å². The Labute approximate surface area is 349 Å². The van der Waals surface area contributed by atoms with Gasteiger partial charge in [0.25, 0.3) is 0 Å². The number of carbonyl (C=O) groups excluding carboxylic acids is 3. The van der Waals surface area contributed by atoms with Crippen LogP contribution in [0.4, 0.5) is 0 Å². The SMILES string of the molecule is CC/C=C\C/C=C\C/C=C\C/C=C\C/C=C\CCCC(=O)OCC(COC(=O)CCC/C=C\CCCCCC)OC(=O)CC/C=C\C/C=C\CCCCCCCC. The molecule has 322 valence electrons. The Bertz CT molecular complexity index is 1180. The zero-order chi connectivity index (χ0) is 41.5. The highest BCUT2D eigenvalue weighted by Gasteiger charge is 2.19. The van der Waals surface area contributed by atoms with Crippen LogP contribution in [0.1, 0.15) is 188 Å². The van der Waals surface area contributed by atoms with E-state index in [1.807, 2.05) is 6.08 Å². The molecule has 0 saturated carbocycles. The molecule has 0 spiro atoms. The summed E-state index contributed by atoms with van der Waals surface area (Å²) in [6, 6.07) is 0. The summed E-state index contributed by atoms with van der Waals surface area (Å²) in [7, 11) is 0. The second-order valence-electron chi connectivity index (χ2n) is 14.6. The molecule has 0 aromatic rings. The third-order valence-electron chi connectivity index (χ3n) is 9.06. The minimum atomic E-state index is -0.840. The van der Waals surface area contributed by atoms with Gasteiger partial charge in [0.2, 0.25) is 0 Å². The van der Waals surface area contributed by atoms with Gasteiger partial charge in [-0.05, 0) is 96.3 Å². The molecule has 0 aromatic carbocycles. The van der Waals surface area contributed by atoms with E-state index < -0.39 is 12.1 Å². The molecule has 0 heterocycles. The summed E-state index contributed by atoms with van der Waals surface area (Å²) in [5.41, 5.74) is 0. The van der Waals surface area contributed by atoms with Crippen molar-refractivity contribution in [2.24, 2.45) is 0 Å². The van der Waals surface area contributed by atoms with E-state index in [1.54, 1.807) is 0 Å². The summed E-state index contributed by atoms with van der Waals surface area (Å²) in [6.45, 7) is 6.32. The van der Waals surface area contributed by atoms with E-state index >= 15 is 0 Å². The van der Waals surface area contributed by atoms with Gasteiger partial charge in [0.05, 0.1) is 0 Å². The number of rotatable bonds is 39. The zero-order valence-electron chi connectivity index (χ0n) is 36.6. The van der Waals surface area contributed by atoms with Crippen LogP contribution in [0, 0.1) is 0 Å². The minimum Gasteiger partial charge on any atom is -0.462 e. The molecule has 0 radical (unpaired) electrons. The Hall–Kier alpha value is -3.67. The maximum absolute atomic E-state index is 12.7. The summed E-state index contributed by atoms with van der Waals surface area (Å²) in [5.74, 6) is -1.11. The lowest BCUT2D eigenvalue weighted by atomic mass is 10.1. The van der Waals surface area contributed by atoms with Gasteiger partial charge in [0, 0.05) is 19.3 Å². The molecule has 57 heavy (non-hydrogen) atoms. The quantitative estimate of drug-likeness (QED) is 0.0267. The predicted molar refractivity (Wildman–Crippen MR) is 242 cm³/mol. The average molecular weight is 791 g/mol. The fraction of sp³-hybridized carbons (Fsp3) is 0.627.